The van der Waals surface area contributed by atoms with Crippen molar-refractivity contribution in [1.29, 1.82) is 0 Å². The average molecular weight is 524 g/mol. The maximum absolute atomic E-state index is 12.7. The second-order valence-electron chi connectivity index (χ2n) is 10.3. The Morgan fingerprint density at radius 1 is 1.14 bits per heavy atom. The first-order valence-electron chi connectivity index (χ1n) is 12.3. The van der Waals surface area contributed by atoms with Gasteiger partial charge in [0.05, 0.1) is 28.9 Å². The van der Waals surface area contributed by atoms with Gasteiger partial charge in [0.15, 0.2) is 5.82 Å². The Balaban J connectivity index is 1.20. The number of anilines is 1. The van der Waals surface area contributed by atoms with Crippen molar-refractivity contribution in [1.82, 2.24) is 20.4 Å². The minimum atomic E-state index is -0.546. The summed E-state index contributed by atoms with van der Waals surface area (Å²) in [7, 11) is 0. The van der Waals surface area contributed by atoms with Crippen molar-refractivity contribution >= 4 is 29.5 Å². The van der Waals surface area contributed by atoms with Gasteiger partial charge in [-0.05, 0) is 57.4 Å². The Labute approximate surface area is 220 Å². The third-order valence-corrected chi connectivity index (χ3v) is 6.63. The number of nitrogens with zero attached hydrogens (tertiary/aromatic N) is 2. The Kier molecular flexibility index (Phi) is 6.49. The Hall–Kier alpha value is -3.72. The van der Waals surface area contributed by atoms with Crippen molar-refractivity contribution in [3.8, 4) is 11.4 Å². The van der Waals surface area contributed by atoms with E-state index < -0.39 is 11.7 Å². The zero-order valence-corrected chi connectivity index (χ0v) is 21.8. The molecule has 3 N–H and O–H groups in total. The molecule has 10 heteroatoms. The molecule has 2 aromatic carbocycles. The molecule has 1 saturated carbocycles. The lowest BCUT2D eigenvalue weighted by molar-refractivity contribution is 0.0495. The van der Waals surface area contributed by atoms with Gasteiger partial charge >= 0.3 is 12.1 Å². The smallest absolute Gasteiger partial charge is 0.408 e. The monoisotopic (exact) mass is 523 g/mol. The summed E-state index contributed by atoms with van der Waals surface area (Å²) < 4.78 is 12.8. The molecule has 2 heterocycles. The number of rotatable bonds is 5. The highest BCUT2D eigenvalue weighted by Crippen LogP contribution is 2.45. The van der Waals surface area contributed by atoms with Crippen LogP contribution in [0.2, 0.25) is 5.02 Å². The minimum absolute atomic E-state index is 0.207. The van der Waals surface area contributed by atoms with Crippen LogP contribution in [0.25, 0.3) is 5.69 Å². The molecule has 0 radical (unpaired) electrons. The summed E-state index contributed by atoms with van der Waals surface area (Å²) in [5.41, 5.74) is 1.77. The lowest BCUT2D eigenvalue weighted by atomic mass is 10.0. The first-order valence-corrected chi connectivity index (χ1v) is 12.7. The van der Waals surface area contributed by atoms with Crippen LogP contribution in [0.15, 0.2) is 54.7 Å². The first kappa shape index (κ1) is 25.0. The molecule has 0 saturated heterocycles. The number of benzene rings is 2. The Bertz CT molecular complexity index is 1310. The highest BCUT2D eigenvalue weighted by Gasteiger charge is 2.46. The van der Waals surface area contributed by atoms with Crippen LogP contribution in [0.4, 0.5) is 15.4 Å². The molecule has 0 bridgehead atoms. The molecule has 3 amide bonds. The number of alkyl carbamates (subject to hydrolysis) is 1. The van der Waals surface area contributed by atoms with Crippen molar-refractivity contribution in [3.63, 3.8) is 0 Å². The molecule has 194 valence electrons. The molecule has 9 nitrogen and oxygen atoms in total. The molecule has 5 rings (SSSR count). The highest BCUT2D eigenvalue weighted by atomic mass is 35.5. The van der Waals surface area contributed by atoms with Crippen LogP contribution in [0, 0.1) is 0 Å². The van der Waals surface area contributed by atoms with Gasteiger partial charge in [0, 0.05) is 24.2 Å². The van der Waals surface area contributed by atoms with E-state index in [0.29, 0.717) is 29.6 Å². The molecular formula is C27H30ClN5O4. The fourth-order valence-electron chi connectivity index (χ4n) is 4.42. The standard InChI is InChI=1S/C27H30ClN5O4/c1-26(2,3)37-25(35)31-27(13-14-27)17-7-9-18(10-8-17)33-15-11-22(32-33)30-24(34)29-21-12-16-36-23-19(21)5-4-6-20(23)28/h4-11,15,21H,12-14,16H2,1-3H3,(H,31,35)(H2,29,30,32,34)/t21-/m0/s1. The maximum Gasteiger partial charge on any atom is 0.408 e. The molecule has 0 unspecified atom stereocenters. The molecule has 1 atom stereocenters. The lowest BCUT2D eigenvalue weighted by Gasteiger charge is -2.27. The zero-order chi connectivity index (χ0) is 26.2. The zero-order valence-electron chi connectivity index (χ0n) is 21.0. The van der Waals surface area contributed by atoms with Crippen LogP contribution in [0.3, 0.4) is 0 Å². The fraction of sp³-hybridized carbons (Fsp3) is 0.370. The molecule has 3 aromatic rings. The van der Waals surface area contributed by atoms with Crippen LogP contribution < -0.4 is 20.7 Å². The molecule has 0 spiro atoms. The number of aromatic nitrogens is 2. The fourth-order valence-corrected chi connectivity index (χ4v) is 4.66. The quantitative estimate of drug-likeness (QED) is 0.398. The third kappa shape index (κ3) is 5.67. The van der Waals surface area contributed by atoms with Crippen LogP contribution in [0.1, 0.15) is 57.2 Å². The van der Waals surface area contributed by atoms with Gasteiger partial charge in [-0.3, -0.25) is 5.32 Å². The normalized spacial score (nSPS) is 17.7. The number of urea groups is 1. The molecule has 1 aliphatic carbocycles. The molecule has 37 heavy (non-hydrogen) atoms. The number of amides is 3. The van der Waals surface area contributed by atoms with Gasteiger partial charge in [-0.15, -0.1) is 5.10 Å². The second kappa shape index (κ2) is 9.63. The molecule has 2 aliphatic rings. The van der Waals surface area contributed by atoms with Crippen LogP contribution >= 0.6 is 11.6 Å². The number of carbonyl (C=O) groups excluding carboxylic acids is 2. The van der Waals surface area contributed by atoms with Crippen molar-refractivity contribution in [2.75, 3.05) is 11.9 Å². The first-order chi connectivity index (χ1) is 17.6. The summed E-state index contributed by atoms with van der Waals surface area (Å²) in [6.07, 6.45) is 3.73. The van der Waals surface area contributed by atoms with E-state index in [0.717, 1.165) is 29.7 Å². The third-order valence-electron chi connectivity index (χ3n) is 6.34. The number of fused-ring (bicyclic) bond motifs is 1. The van der Waals surface area contributed by atoms with E-state index in [2.05, 4.69) is 21.0 Å². The predicted octanol–water partition coefficient (Wildman–Crippen LogP) is 5.68. The summed E-state index contributed by atoms with van der Waals surface area (Å²) >= 11 is 6.23. The Morgan fingerprint density at radius 2 is 1.89 bits per heavy atom. The van der Waals surface area contributed by atoms with Gasteiger partial charge in [0.2, 0.25) is 0 Å². The largest absolute Gasteiger partial charge is 0.492 e. The van der Waals surface area contributed by atoms with Crippen molar-refractivity contribution in [2.24, 2.45) is 0 Å². The van der Waals surface area contributed by atoms with E-state index in [1.54, 1.807) is 23.0 Å². The second-order valence-corrected chi connectivity index (χ2v) is 10.8. The molecule has 1 aromatic heterocycles. The van der Waals surface area contributed by atoms with Gasteiger partial charge in [-0.25, -0.2) is 14.3 Å². The van der Waals surface area contributed by atoms with Gasteiger partial charge in [-0.2, -0.15) is 0 Å². The number of ether oxygens (including phenoxy) is 2. The summed E-state index contributed by atoms with van der Waals surface area (Å²) in [4.78, 5) is 24.9. The number of hydrogen-bond acceptors (Lipinski definition) is 5. The van der Waals surface area contributed by atoms with Crippen molar-refractivity contribution in [3.05, 3.63) is 70.9 Å². The number of para-hydroxylation sites is 1. The Morgan fingerprint density at radius 3 is 2.59 bits per heavy atom. The number of hydrogen-bond donors (Lipinski definition) is 3. The minimum Gasteiger partial charge on any atom is -0.492 e. The van der Waals surface area contributed by atoms with E-state index in [4.69, 9.17) is 21.1 Å². The maximum atomic E-state index is 12.7. The number of carbonyl (C=O) groups is 2. The SMILES string of the molecule is CC(C)(C)OC(=O)NC1(c2ccc(-n3ccc(NC(=O)N[C@H]4CCOc5c(Cl)cccc54)n3)cc2)CC1. The van der Waals surface area contributed by atoms with Gasteiger partial charge in [-0.1, -0.05) is 35.9 Å². The van der Waals surface area contributed by atoms with Crippen LogP contribution in [0.5, 0.6) is 5.75 Å². The predicted molar refractivity (Wildman–Crippen MR) is 140 cm³/mol. The van der Waals surface area contributed by atoms with E-state index in [9.17, 15) is 9.59 Å². The summed E-state index contributed by atoms with van der Waals surface area (Å²) in [5.74, 6) is 1.04. The van der Waals surface area contributed by atoms with Crippen LogP contribution in [-0.4, -0.2) is 34.1 Å². The lowest BCUT2D eigenvalue weighted by Crippen LogP contribution is -2.39. The number of nitrogens with one attached hydrogen (secondary N) is 3. The van der Waals surface area contributed by atoms with Gasteiger partial charge < -0.3 is 20.1 Å². The summed E-state index contributed by atoms with van der Waals surface area (Å²) in [6, 6.07) is 14.5. The molecular weight excluding hydrogens is 494 g/mol. The van der Waals surface area contributed by atoms with Crippen molar-refractivity contribution in [2.45, 2.75) is 57.2 Å². The van der Waals surface area contributed by atoms with E-state index in [1.165, 1.54) is 0 Å². The van der Waals surface area contributed by atoms with E-state index in [-0.39, 0.29) is 17.6 Å². The van der Waals surface area contributed by atoms with Crippen LogP contribution in [-0.2, 0) is 10.3 Å². The van der Waals surface area contributed by atoms with E-state index in [1.807, 2.05) is 57.2 Å². The topological polar surface area (TPSA) is 107 Å². The summed E-state index contributed by atoms with van der Waals surface area (Å²) in [6.45, 7) is 6.01. The van der Waals surface area contributed by atoms with Crippen molar-refractivity contribution < 1.29 is 19.1 Å². The average Bonchev–Trinajstić information content (AvgIpc) is 3.46. The highest BCUT2D eigenvalue weighted by molar-refractivity contribution is 6.32. The van der Waals surface area contributed by atoms with E-state index >= 15 is 0 Å². The molecule has 1 aliphatic heterocycles. The number of halogens is 1. The van der Waals surface area contributed by atoms with Gasteiger partial charge in [0.1, 0.15) is 11.4 Å². The summed E-state index contributed by atoms with van der Waals surface area (Å²) in [5, 5.41) is 13.8. The molecule has 1 fully saturated rings. The van der Waals surface area contributed by atoms with Gasteiger partial charge in [0.25, 0.3) is 0 Å².